The number of alkyl halides is 2. The Labute approximate surface area is 60.6 Å². The van der Waals surface area contributed by atoms with Crippen LogP contribution < -0.4 is 0 Å². The Bertz CT molecular complexity index is 56.4. The van der Waals surface area contributed by atoms with E-state index in [4.69, 9.17) is 23.2 Å². The van der Waals surface area contributed by atoms with Gasteiger partial charge in [0.15, 0.2) is 0 Å². The highest BCUT2D eigenvalue weighted by atomic mass is 35.5. The minimum absolute atomic E-state index is 0.0903. The molecule has 0 fully saturated rings. The third kappa shape index (κ3) is 3.53. The van der Waals surface area contributed by atoms with E-state index in [9.17, 15) is 0 Å². The lowest BCUT2D eigenvalue weighted by Crippen LogP contribution is -2.22. The van der Waals surface area contributed by atoms with E-state index in [2.05, 4.69) is 0 Å². The van der Waals surface area contributed by atoms with Crippen molar-refractivity contribution in [3.63, 3.8) is 0 Å². The fourth-order valence-corrected chi connectivity index (χ4v) is 0.776. The molecule has 1 nitrogen and oxygen atoms in total. The van der Waals surface area contributed by atoms with Crippen LogP contribution in [-0.4, -0.2) is 30.4 Å². The highest BCUT2D eigenvalue weighted by molar-refractivity contribution is 6.22. The van der Waals surface area contributed by atoms with Gasteiger partial charge >= 0.3 is 0 Å². The predicted molar refractivity (Wildman–Crippen MR) is 38.7 cm³/mol. The Morgan fingerprint density at radius 3 is 2.12 bits per heavy atom. The van der Waals surface area contributed by atoms with E-state index in [1.54, 1.807) is 0 Å². The SMILES string of the molecule is CN(C)C(Cl)CCCl. The molecule has 0 aliphatic carbocycles. The molecule has 0 heterocycles. The number of hydrogen-bond acceptors (Lipinski definition) is 1. The number of nitrogens with zero attached hydrogens (tertiary/aromatic N) is 1. The summed E-state index contributed by atoms with van der Waals surface area (Å²) in [4.78, 5) is 1.93. The van der Waals surface area contributed by atoms with E-state index in [1.807, 2.05) is 19.0 Å². The summed E-state index contributed by atoms with van der Waals surface area (Å²) in [5, 5.41) is 0. The van der Waals surface area contributed by atoms with Crippen molar-refractivity contribution in [1.82, 2.24) is 4.90 Å². The zero-order valence-electron chi connectivity index (χ0n) is 5.19. The van der Waals surface area contributed by atoms with E-state index in [-0.39, 0.29) is 5.50 Å². The molecule has 0 saturated carbocycles. The first-order valence-corrected chi connectivity index (χ1v) is 3.52. The molecule has 50 valence electrons. The van der Waals surface area contributed by atoms with Gasteiger partial charge in [0.1, 0.15) is 0 Å². The van der Waals surface area contributed by atoms with Crippen molar-refractivity contribution in [3.05, 3.63) is 0 Å². The monoisotopic (exact) mass is 155 g/mol. The maximum Gasteiger partial charge on any atom is 0.0856 e. The summed E-state index contributed by atoms with van der Waals surface area (Å²) < 4.78 is 0. The quantitative estimate of drug-likeness (QED) is 0.444. The van der Waals surface area contributed by atoms with Gasteiger partial charge in [0.2, 0.25) is 0 Å². The van der Waals surface area contributed by atoms with Crippen LogP contribution in [0.5, 0.6) is 0 Å². The maximum atomic E-state index is 5.76. The molecule has 0 aliphatic rings. The molecule has 0 amide bonds. The fourth-order valence-electron chi connectivity index (χ4n) is 0.348. The minimum atomic E-state index is 0.0903. The van der Waals surface area contributed by atoms with Gasteiger partial charge in [0, 0.05) is 5.88 Å². The Morgan fingerprint density at radius 1 is 1.50 bits per heavy atom. The van der Waals surface area contributed by atoms with Gasteiger partial charge in [-0.2, -0.15) is 0 Å². The average Bonchev–Trinajstić information content (AvgIpc) is 1.67. The van der Waals surface area contributed by atoms with E-state index >= 15 is 0 Å². The first-order valence-electron chi connectivity index (χ1n) is 2.55. The molecule has 0 N–H and O–H groups in total. The molecule has 1 atom stereocenters. The van der Waals surface area contributed by atoms with Gasteiger partial charge < -0.3 is 0 Å². The highest BCUT2D eigenvalue weighted by Gasteiger charge is 2.03. The zero-order valence-corrected chi connectivity index (χ0v) is 6.71. The standard InChI is InChI=1S/C5H11Cl2N/c1-8(2)5(7)3-4-6/h5H,3-4H2,1-2H3. The maximum absolute atomic E-state index is 5.76. The third-order valence-electron chi connectivity index (χ3n) is 0.908. The Hall–Kier alpha value is 0.540. The van der Waals surface area contributed by atoms with Crippen LogP contribution in [0.25, 0.3) is 0 Å². The van der Waals surface area contributed by atoms with Crippen molar-refractivity contribution >= 4 is 23.2 Å². The summed E-state index contributed by atoms with van der Waals surface area (Å²) in [5.41, 5.74) is 0.0903. The molecule has 0 bridgehead atoms. The Kier molecular flexibility index (Phi) is 4.72. The third-order valence-corrected chi connectivity index (χ3v) is 1.73. The average molecular weight is 156 g/mol. The molecule has 8 heavy (non-hydrogen) atoms. The molecular weight excluding hydrogens is 145 g/mol. The van der Waals surface area contributed by atoms with E-state index in [0.717, 1.165) is 6.42 Å². The van der Waals surface area contributed by atoms with Crippen LogP contribution >= 0.6 is 23.2 Å². The van der Waals surface area contributed by atoms with Crippen LogP contribution in [0.2, 0.25) is 0 Å². The van der Waals surface area contributed by atoms with Gasteiger partial charge in [0.25, 0.3) is 0 Å². The van der Waals surface area contributed by atoms with Crippen molar-refractivity contribution in [2.45, 2.75) is 11.9 Å². The van der Waals surface area contributed by atoms with Crippen molar-refractivity contribution in [3.8, 4) is 0 Å². The molecule has 3 heteroatoms. The molecule has 1 unspecified atom stereocenters. The summed E-state index contributed by atoms with van der Waals surface area (Å²) in [7, 11) is 3.87. The molecule has 0 aromatic heterocycles. The lowest BCUT2D eigenvalue weighted by Gasteiger charge is -2.15. The lowest BCUT2D eigenvalue weighted by molar-refractivity contribution is 0.370. The van der Waals surface area contributed by atoms with Gasteiger partial charge in [-0.05, 0) is 20.5 Å². The van der Waals surface area contributed by atoms with Crippen LogP contribution in [0.3, 0.4) is 0 Å². The fraction of sp³-hybridized carbons (Fsp3) is 1.00. The first kappa shape index (κ1) is 8.54. The molecule has 0 spiro atoms. The van der Waals surface area contributed by atoms with E-state index < -0.39 is 0 Å². The molecule has 0 aromatic carbocycles. The van der Waals surface area contributed by atoms with Crippen LogP contribution in [0, 0.1) is 0 Å². The van der Waals surface area contributed by atoms with E-state index in [1.165, 1.54) is 0 Å². The summed E-state index contributed by atoms with van der Waals surface area (Å²) in [5.74, 6) is 0.631. The van der Waals surface area contributed by atoms with Gasteiger partial charge in [-0.15, -0.1) is 23.2 Å². The Morgan fingerprint density at radius 2 is 2.00 bits per heavy atom. The van der Waals surface area contributed by atoms with Crippen molar-refractivity contribution < 1.29 is 0 Å². The van der Waals surface area contributed by atoms with Gasteiger partial charge in [-0.1, -0.05) is 0 Å². The van der Waals surface area contributed by atoms with Crippen LogP contribution in [0.15, 0.2) is 0 Å². The second-order valence-corrected chi connectivity index (χ2v) is 2.76. The second-order valence-electron chi connectivity index (χ2n) is 1.88. The normalized spacial score (nSPS) is 14.6. The van der Waals surface area contributed by atoms with Crippen molar-refractivity contribution in [2.75, 3.05) is 20.0 Å². The van der Waals surface area contributed by atoms with Gasteiger partial charge in [0.05, 0.1) is 5.50 Å². The number of hydrogen-bond donors (Lipinski definition) is 0. The summed E-state index contributed by atoms with van der Waals surface area (Å²) in [6, 6.07) is 0. The first-order chi connectivity index (χ1) is 3.68. The van der Waals surface area contributed by atoms with Gasteiger partial charge in [-0.3, -0.25) is 4.90 Å². The molecule has 0 rings (SSSR count). The van der Waals surface area contributed by atoms with Crippen LogP contribution in [0.1, 0.15) is 6.42 Å². The molecule has 0 saturated heterocycles. The predicted octanol–water partition coefficient (Wildman–Crippen LogP) is 1.74. The molecule has 0 radical (unpaired) electrons. The van der Waals surface area contributed by atoms with Crippen molar-refractivity contribution in [1.29, 1.82) is 0 Å². The van der Waals surface area contributed by atoms with Crippen LogP contribution in [-0.2, 0) is 0 Å². The van der Waals surface area contributed by atoms with Crippen molar-refractivity contribution in [2.24, 2.45) is 0 Å². The van der Waals surface area contributed by atoms with Gasteiger partial charge in [-0.25, -0.2) is 0 Å². The smallest absolute Gasteiger partial charge is 0.0856 e. The summed E-state index contributed by atoms with van der Waals surface area (Å²) in [6.45, 7) is 0. The summed E-state index contributed by atoms with van der Waals surface area (Å²) in [6.07, 6.45) is 0.843. The molecular formula is C5H11Cl2N. The van der Waals surface area contributed by atoms with Crippen LogP contribution in [0.4, 0.5) is 0 Å². The summed E-state index contributed by atoms with van der Waals surface area (Å²) >= 11 is 11.2. The molecule has 0 aromatic rings. The Balaban J connectivity index is 3.17. The number of halogens is 2. The second kappa shape index (κ2) is 4.42. The van der Waals surface area contributed by atoms with E-state index in [0.29, 0.717) is 5.88 Å². The minimum Gasteiger partial charge on any atom is -0.294 e. The topological polar surface area (TPSA) is 3.24 Å². The largest absolute Gasteiger partial charge is 0.294 e. The number of rotatable bonds is 3. The zero-order chi connectivity index (χ0) is 6.57. The lowest BCUT2D eigenvalue weighted by atomic mass is 10.4. The highest BCUT2D eigenvalue weighted by Crippen LogP contribution is 2.04. The molecule has 0 aliphatic heterocycles.